The van der Waals surface area contributed by atoms with E-state index in [1.165, 1.54) is 5.69 Å². The lowest BCUT2D eigenvalue weighted by Gasteiger charge is -2.36. The maximum absolute atomic E-state index is 12.3. The van der Waals surface area contributed by atoms with Crippen molar-refractivity contribution < 1.29 is 4.79 Å². The molecular weight excluding hydrogens is 465 g/mol. The molecule has 28 heavy (non-hydrogen) atoms. The number of nitrogens with one attached hydrogen (secondary N) is 1. The number of halogens is 1. The van der Waals surface area contributed by atoms with Crippen LogP contribution in [0.15, 0.2) is 67.0 Å². The average Bonchev–Trinajstić information content (AvgIpc) is 2.75. The molecule has 3 aromatic rings. The Morgan fingerprint density at radius 3 is 2.25 bits per heavy atom. The maximum atomic E-state index is 12.3. The molecule has 1 aliphatic rings. The maximum Gasteiger partial charge on any atom is 0.255 e. The standard InChI is InChI=1S/C21H20IN5O/c22-17-6-4-5-16(13-17)20(28)25-18-14-23-21(24-15-18)27-11-9-26(10-12-27)19-7-2-1-3-8-19/h1-8,13-15H,9-12H2,(H,25,28). The Hall–Kier alpha value is -2.68. The van der Waals surface area contributed by atoms with Crippen LogP contribution < -0.4 is 15.1 Å². The van der Waals surface area contributed by atoms with Crippen molar-refractivity contribution in [2.45, 2.75) is 0 Å². The number of carbonyl (C=O) groups is 1. The van der Waals surface area contributed by atoms with Crippen molar-refractivity contribution in [1.82, 2.24) is 9.97 Å². The van der Waals surface area contributed by atoms with Gasteiger partial charge >= 0.3 is 0 Å². The summed E-state index contributed by atoms with van der Waals surface area (Å²) in [5.74, 6) is 0.534. The molecule has 0 radical (unpaired) electrons. The lowest BCUT2D eigenvalue weighted by molar-refractivity contribution is 0.102. The van der Waals surface area contributed by atoms with Gasteiger partial charge < -0.3 is 15.1 Å². The molecule has 0 bridgehead atoms. The third kappa shape index (κ3) is 4.41. The summed E-state index contributed by atoms with van der Waals surface area (Å²) in [7, 11) is 0. The first-order chi connectivity index (χ1) is 13.7. The summed E-state index contributed by atoms with van der Waals surface area (Å²) in [5, 5.41) is 2.85. The Morgan fingerprint density at radius 1 is 0.893 bits per heavy atom. The molecule has 4 rings (SSSR count). The highest BCUT2D eigenvalue weighted by Crippen LogP contribution is 2.18. The fraction of sp³-hybridized carbons (Fsp3) is 0.190. The second kappa shape index (κ2) is 8.55. The van der Waals surface area contributed by atoms with Gasteiger partial charge in [0.1, 0.15) is 0 Å². The third-order valence-corrected chi connectivity index (χ3v) is 5.34. The first-order valence-corrected chi connectivity index (χ1v) is 10.2. The van der Waals surface area contributed by atoms with Crippen molar-refractivity contribution in [2.24, 2.45) is 0 Å². The van der Waals surface area contributed by atoms with Crippen LogP contribution in [0.3, 0.4) is 0 Å². The molecule has 6 nitrogen and oxygen atoms in total. The van der Waals surface area contributed by atoms with Crippen LogP contribution in [-0.2, 0) is 0 Å². The van der Waals surface area contributed by atoms with Gasteiger partial charge in [-0.25, -0.2) is 9.97 Å². The minimum atomic E-state index is -0.161. The molecule has 1 aromatic heterocycles. The molecule has 1 saturated heterocycles. The monoisotopic (exact) mass is 485 g/mol. The average molecular weight is 485 g/mol. The van der Waals surface area contributed by atoms with Crippen LogP contribution in [0.5, 0.6) is 0 Å². The summed E-state index contributed by atoms with van der Waals surface area (Å²) in [6.45, 7) is 3.59. The molecular formula is C21H20IN5O. The molecule has 142 valence electrons. The lowest BCUT2D eigenvalue weighted by atomic mass is 10.2. The summed E-state index contributed by atoms with van der Waals surface area (Å²) in [6, 6.07) is 17.9. The summed E-state index contributed by atoms with van der Waals surface area (Å²) >= 11 is 2.19. The molecule has 0 spiro atoms. The van der Waals surface area contributed by atoms with E-state index in [0.29, 0.717) is 17.2 Å². The van der Waals surface area contributed by atoms with Crippen LogP contribution >= 0.6 is 22.6 Å². The van der Waals surface area contributed by atoms with E-state index in [1.54, 1.807) is 18.5 Å². The van der Waals surface area contributed by atoms with E-state index in [2.05, 4.69) is 71.9 Å². The van der Waals surface area contributed by atoms with E-state index in [4.69, 9.17) is 0 Å². The molecule has 1 N–H and O–H groups in total. The molecule has 2 aromatic carbocycles. The van der Waals surface area contributed by atoms with Crippen molar-refractivity contribution >= 4 is 45.8 Å². The van der Waals surface area contributed by atoms with Gasteiger partial charge in [0.2, 0.25) is 5.95 Å². The SMILES string of the molecule is O=C(Nc1cnc(N2CCN(c3ccccc3)CC2)nc1)c1cccc(I)c1. The van der Waals surface area contributed by atoms with Gasteiger partial charge in [0.15, 0.2) is 0 Å². The highest BCUT2D eigenvalue weighted by Gasteiger charge is 2.19. The van der Waals surface area contributed by atoms with Crippen LogP contribution in [0, 0.1) is 3.57 Å². The topological polar surface area (TPSA) is 61.4 Å². The van der Waals surface area contributed by atoms with Crippen LogP contribution in [0.25, 0.3) is 0 Å². The summed E-state index contributed by atoms with van der Waals surface area (Å²) < 4.78 is 1.02. The quantitative estimate of drug-likeness (QED) is 0.572. The van der Waals surface area contributed by atoms with Gasteiger partial charge in [-0.05, 0) is 52.9 Å². The van der Waals surface area contributed by atoms with Gasteiger partial charge in [0.25, 0.3) is 5.91 Å². The Labute approximate surface area is 177 Å². The number of piperazine rings is 1. The molecule has 1 amide bonds. The van der Waals surface area contributed by atoms with Crippen molar-refractivity contribution in [3.8, 4) is 0 Å². The fourth-order valence-corrected chi connectivity index (χ4v) is 3.73. The summed E-state index contributed by atoms with van der Waals surface area (Å²) in [5.41, 5.74) is 2.46. The Bertz CT molecular complexity index is 941. The Kier molecular flexibility index (Phi) is 5.70. The second-order valence-corrected chi connectivity index (χ2v) is 7.79. The molecule has 0 unspecified atom stereocenters. The van der Waals surface area contributed by atoms with Gasteiger partial charge in [-0.3, -0.25) is 4.79 Å². The largest absolute Gasteiger partial charge is 0.368 e. The number of benzene rings is 2. The zero-order valence-corrected chi connectivity index (χ0v) is 17.4. The van der Waals surface area contributed by atoms with Crippen LogP contribution in [0.1, 0.15) is 10.4 Å². The zero-order valence-electron chi connectivity index (χ0n) is 15.3. The van der Waals surface area contributed by atoms with E-state index in [0.717, 1.165) is 29.7 Å². The van der Waals surface area contributed by atoms with Gasteiger partial charge in [0, 0.05) is 41.0 Å². The van der Waals surface area contributed by atoms with Crippen LogP contribution in [0.4, 0.5) is 17.3 Å². The number of anilines is 3. The number of rotatable bonds is 4. The first-order valence-electron chi connectivity index (χ1n) is 9.13. The number of aromatic nitrogens is 2. The predicted octanol–water partition coefficient (Wildman–Crippen LogP) is 3.66. The van der Waals surface area contributed by atoms with E-state index < -0.39 is 0 Å². The zero-order chi connectivity index (χ0) is 19.3. The molecule has 7 heteroatoms. The molecule has 2 heterocycles. The molecule has 1 fully saturated rings. The van der Waals surface area contributed by atoms with Gasteiger partial charge in [-0.2, -0.15) is 0 Å². The van der Waals surface area contributed by atoms with Crippen molar-refractivity contribution in [3.63, 3.8) is 0 Å². The highest BCUT2D eigenvalue weighted by atomic mass is 127. The molecule has 0 saturated carbocycles. The van der Waals surface area contributed by atoms with Gasteiger partial charge in [-0.15, -0.1) is 0 Å². The van der Waals surface area contributed by atoms with E-state index in [-0.39, 0.29) is 5.91 Å². The van der Waals surface area contributed by atoms with E-state index >= 15 is 0 Å². The number of amides is 1. The summed E-state index contributed by atoms with van der Waals surface area (Å²) in [6.07, 6.45) is 3.33. The Balaban J connectivity index is 1.35. The van der Waals surface area contributed by atoms with E-state index in [9.17, 15) is 4.79 Å². The number of hydrogen-bond acceptors (Lipinski definition) is 5. The van der Waals surface area contributed by atoms with Crippen LogP contribution in [-0.4, -0.2) is 42.1 Å². The Morgan fingerprint density at radius 2 is 1.57 bits per heavy atom. The first kappa shape index (κ1) is 18.7. The molecule has 0 atom stereocenters. The lowest BCUT2D eigenvalue weighted by Crippen LogP contribution is -2.47. The van der Waals surface area contributed by atoms with Gasteiger partial charge in [-0.1, -0.05) is 24.3 Å². The fourth-order valence-electron chi connectivity index (χ4n) is 3.19. The number of hydrogen-bond donors (Lipinski definition) is 1. The van der Waals surface area contributed by atoms with Crippen molar-refractivity contribution in [1.29, 1.82) is 0 Å². The summed E-state index contributed by atoms with van der Waals surface area (Å²) in [4.78, 5) is 25.8. The minimum Gasteiger partial charge on any atom is -0.368 e. The van der Waals surface area contributed by atoms with Crippen molar-refractivity contribution in [3.05, 3.63) is 76.1 Å². The van der Waals surface area contributed by atoms with Crippen LogP contribution in [0.2, 0.25) is 0 Å². The number of carbonyl (C=O) groups excluding carboxylic acids is 1. The third-order valence-electron chi connectivity index (χ3n) is 4.67. The number of para-hydroxylation sites is 1. The predicted molar refractivity (Wildman–Crippen MR) is 120 cm³/mol. The normalized spacial score (nSPS) is 14.0. The highest BCUT2D eigenvalue weighted by molar-refractivity contribution is 14.1. The number of nitrogens with zero attached hydrogens (tertiary/aromatic N) is 4. The minimum absolute atomic E-state index is 0.161. The van der Waals surface area contributed by atoms with Gasteiger partial charge in [0.05, 0.1) is 18.1 Å². The van der Waals surface area contributed by atoms with Crippen molar-refractivity contribution in [2.75, 3.05) is 41.3 Å². The second-order valence-electron chi connectivity index (χ2n) is 6.55. The van der Waals surface area contributed by atoms with E-state index in [1.807, 2.05) is 24.3 Å². The molecule has 0 aliphatic carbocycles. The smallest absolute Gasteiger partial charge is 0.255 e. The molecule has 1 aliphatic heterocycles.